The standard InChI is InChI=1S/C30H33INO3/c31-27-15-7-9-23(21-27)10-8-18-32-19-16-24(17-20-32)28(22-32)35-29(33)30(34,25-11-3-1-4-12-25)26-13-5-2-6-14-26/h1-7,9,11-15,21,24,28,34H,8,10,16-20,22H2/q+1. The number of nitrogens with zero attached hydrogens (tertiary/aromatic N) is 1. The molecule has 0 spiro atoms. The van der Waals surface area contributed by atoms with Crippen LogP contribution in [0.5, 0.6) is 0 Å². The second kappa shape index (κ2) is 10.4. The van der Waals surface area contributed by atoms with Crippen molar-refractivity contribution in [1.82, 2.24) is 0 Å². The molecule has 0 saturated carbocycles. The van der Waals surface area contributed by atoms with E-state index < -0.39 is 11.6 Å². The summed E-state index contributed by atoms with van der Waals surface area (Å²) in [4.78, 5) is 13.7. The molecule has 5 heteroatoms. The van der Waals surface area contributed by atoms with Crippen LogP contribution < -0.4 is 0 Å². The Morgan fingerprint density at radius 2 is 1.57 bits per heavy atom. The average molecular weight is 583 g/mol. The van der Waals surface area contributed by atoms with Gasteiger partial charge >= 0.3 is 5.97 Å². The minimum absolute atomic E-state index is 0.151. The van der Waals surface area contributed by atoms with Crippen LogP contribution in [0.4, 0.5) is 0 Å². The number of ether oxygens (including phenoxy) is 1. The van der Waals surface area contributed by atoms with Crippen LogP contribution >= 0.6 is 22.6 Å². The molecule has 35 heavy (non-hydrogen) atoms. The number of fused-ring (bicyclic) bond motifs is 3. The van der Waals surface area contributed by atoms with Crippen molar-refractivity contribution >= 4 is 28.6 Å². The molecule has 1 unspecified atom stereocenters. The monoisotopic (exact) mass is 582 g/mol. The number of aliphatic hydroxyl groups is 1. The summed E-state index contributed by atoms with van der Waals surface area (Å²) in [5, 5.41) is 11.8. The van der Waals surface area contributed by atoms with Crippen molar-refractivity contribution in [3.05, 3.63) is 105 Å². The van der Waals surface area contributed by atoms with Crippen molar-refractivity contribution in [2.75, 3.05) is 26.2 Å². The molecular weight excluding hydrogens is 549 g/mol. The van der Waals surface area contributed by atoms with E-state index in [4.69, 9.17) is 4.74 Å². The number of carbonyl (C=O) groups excluding carboxylic acids is 1. The van der Waals surface area contributed by atoms with E-state index >= 15 is 0 Å². The van der Waals surface area contributed by atoms with Gasteiger partial charge in [-0.1, -0.05) is 72.8 Å². The number of rotatable bonds is 8. The first-order valence-corrected chi connectivity index (χ1v) is 13.7. The maximum atomic E-state index is 13.7. The van der Waals surface area contributed by atoms with Crippen LogP contribution in [0.2, 0.25) is 0 Å². The molecule has 4 nitrogen and oxygen atoms in total. The highest BCUT2D eigenvalue weighted by Crippen LogP contribution is 2.38. The Hall–Kier alpha value is -2.22. The first-order chi connectivity index (χ1) is 17.0. The zero-order chi connectivity index (χ0) is 24.3. The summed E-state index contributed by atoms with van der Waals surface area (Å²) in [5.74, 6) is -0.184. The van der Waals surface area contributed by atoms with Gasteiger partial charge in [0.2, 0.25) is 5.60 Å². The van der Waals surface area contributed by atoms with Gasteiger partial charge in [0.1, 0.15) is 6.54 Å². The third-order valence-corrected chi connectivity index (χ3v) is 8.64. The topological polar surface area (TPSA) is 46.5 Å². The molecule has 0 aliphatic carbocycles. The molecule has 3 heterocycles. The Morgan fingerprint density at radius 3 is 2.17 bits per heavy atom. The Kier molecular flexibility index (Phi) is 7.28. The van der Waals surface area contributed by atoms with Crippen molar-refractivity contribution in [2.24, 2.45) is 5.92 Å². The Morgan fingerprint density at radius 1 is 0.943 bits per heavy atom. The third kappa shape index (κ3) is 5.18. The molecule has 3 fully saturated rings. The fourth-order valence-electron chi connectivity index (χ4n) is 5.96. The molecule has 3 aliphatic heterocycles. The van der Waals surface area contributed by atoms with Gasteiger partial charge < -0.3 is 14.3 Å². The molecule has 2 bridgehead atoms. The molecule has 3 aromatic rings. The first-order valence-electron chi connectivity index (χ1n) is 12.6. The highest BCUT2D eigenvalue weighted by molar-refractivity contribution is 14.1. The molecule has 0 amide bonds. The zero-order valence-electron chi connectivity index (χ0n) is 20.0. The molecule has 0 radical (unpaired) electrons. The molecule has 182 valence electrons. The average Bonchev–Trinajstić information content (AvgIpc) is 2.90. The second-order valence-electron chi connectivity index (χ2n) is 10.2. The number of piperidine rings is 3. The molecule has 3 aliphatic rings. The van der Waals surface area contributed by atoms with Gasteiger partial charge in [0, 0.05) is 28.8 Å². The van der Waals surface area contributed by atoms with Gasteiger partial charge in [-0.05, 0) is 57.8 Å². The predicted molar refractivity (Wildman–Crippen MR) is 146 cm³/mol. The fraction of sp³-hybridized carbons (Fsp3) is 0.367. The highest BCUT2D eigenvalue weighted by atomic mass is 127. The summed E-state index contributed by atoms with van der Waals surface area (Å²) in [6.45, 7) is 4.27. The number of quaternary nitrogens is 1. The molecule has 0 aromatic heterocycles. The van der Waals surface area contributed by atoms with Crippen LogP contribution in [-0.4, -0.2) is 47.8 Å². The van der Waals surface area contributed by atoms with Crippen LogP contribution in [-0.2, 0) is 21.6 Å². The van der Waals surface area contributed by atoms with E-state index in [0.717, 1.165) is 56.3 Å². The van der Waals surface area contributed by atoms with E-state index in [1.165, 1.54) is 9.13 Å². The van der Waals surface area contributed by atoms with Gasteiger partial charge in [-0.3, -0.25) is 0 Å². The lowest BCUT2D eigenvalue weighted by atomic mass is 9.82. The predicted octanol–water partition coefficient (Wildman–Crippen LogP) is 5.31. The molecule has 1 atom stereocenters. The van der Waals surface area contributed by atoms with E-state index in [0.29, 0.717) is 17.0 Å². The molecule has 1 N–H and O–H groups in total. The first kappa shape index (κ1) is 24.5. The van der Waals surface area contributed by atoms with E-state index in [1.807, 2.05) is 36.4 Å². The number of benzene rings is 3. The summed E-state index contributed by atoms with van der Waals surface area (Å²) >= 11 is 2.37. The molecule has 3 aromatic carbocycles. The number of hydrogen-bond acceptors (Lipinski definition) is 3. The number of carbonyl (C=O) groups is 1. The number of hydrogen-bond donors (Lipinski definition) is 1. The smallest absolute Gasteiger partial charge is 0.348 e. The fourth-order valence-corrected chi connectivity index (χ4v) is 6.57. The van der Waals surface area contributed by atoms with Gasteiger partial charge in [-0.25, -0.2) is 4.79 Å². The summed E-state index contributed by atoms with van der Waals surface area (Å²) in [7, 11) is 0. The third-order valence-electron chi connectivity index (χ3n) is 7.97. The van der Waals surface area contributed by atoms with Crippen molar-refractivity contribution in [3.63, 3.8) is 0 Å². The number of esters is 1. The Bertz CT molecular complexity index is 1100. The highest BCUT2D eigenvalue weighted by Gasteiger charge is 2.50. The van der Waals surface area contributed by atoms with E-state index in [9.17, 15) is 9.90 Å². The Labute approximate surface area is 221 Å². The van der Waals surface area contributed by atoms with Gasteiger partial charge in [0.15, 0.2) is 6.10 Å². The van der Waals surface area contributed by atoms with Crippen molar-refractivity contribution in [1.29, 1.82) is 0 Å². The Balaban J connectivity index is 1.30. The van der Waals surface area contributed by atoms with E-state index in [-0.39, 0.29) is 6.10 Å². The molecule has 6 rings (SSSR count). The molecule has 3 saturated heterocycles. The minimum Gasteiger partial charge on any atom is -0.453 e. The van der Waals surface area contributed by atoms with Crippen LogP contribution in [0, 0.1) is 9.49 Å². The zero-order valence-corrected chi connectivity index (χ0v) is 22.1. The van der Waals surface area contributed by atoms with Gasteiger partial charge in [0.25, 0.3) is 0 Å². The van der Waals surface area contributed by atoms with Crippen LogP contribution in [0.3, 0.4) is 0 Å². The lowest BCUT2D eigenvalue weighted by molar-refractivity contribution is -0.946. The summed E-state index contributed by atoms with van der Waals surface area (Å²) in [6, 6.07) is 27.1. The van der Waals surface area contributed by atoms with Gasteiger partial charge in [-0.15, -0.1) is 0 Å². The minimum atomic E-state index is -1.82. The quantitative estimate of drug-likeness (QED) is 0.223. The lowest BCUT2D eigenvalue weighted by Crippen LogP contribution is -2.65. The van der Waals surface area contributed by atoms with Crippen LogP contribution in [0.25, 0.3) is 0 Å². The summed E-state index contributed by atoms with van der Waals surface area (Å²) in [6.07, 6.45) is 4.21. The summed E-state index contributed by atoms with van der Waals surface area (Å²) < 4.78 is 8.50. The van der Waals surface area contributed by atoms with Gasteiger partial charge in [0.05, 0.1) is 19.6 Å². The van der Waals surface area contributed by atoms with Gasteiger partial charge in [-0.2, -0.15) is 0 Å². The van der Waals surface area contributed by atoms with E-state index in [1.54, 1.807) is 24.3 Å². The van der Waals surface area contributed by atoms with Crippen molar-refractivity contribution < 1.29 is 19.1 Å². The second-order valence-corrected chi connectivity index (χ2v) is 11.4. The SMILES string of the molecule is O=C(OC1C[N+]2(CCCc3cccc(I)c3)CCC1CC2)C(O)(c1ccccc1)c1ccccc1. The number of aryl methyl sites for hydroxylation is 1. The van der Waals surface area contributed by atoms with Crippen molar-refractivity contribution in [2.45, 2.75) is 37.4 Å². The number of halogens is 1. The maximum absolute atomic E-state index is 13.7. The van der Waals surface area contributed by atoms with E-state index in [2.05, 4.69) is 46.9 Å². The van der Waals surface area contributed by atoms with Crippen molar-refractivity contribution in [3.8, 4) is 0 Å². The molecular formula is C30H33INO3+. The maximum Gasteiger partial charge on any atom is 0.348 e. The normalized spacial score (nSPS) is 23.7. The summed E-state index contributed by atoms with van der Waals surface area (Å²) in [5.41, 5.74) is 0.655. The largest absolute Gasteiger partial charge is 0.453 e. The van der Waals surface area contributed by atoms with Crippen LogP contribution in [0.1, 0.15) is 36.0 Å². The lowest BCUT2D eigenvalue weighted by Gasteiger charge is -2.52. The van der Waals surface area contributed by atoms with Crippen LogP contribution in [0.15, 0.2) is 84.9 Å².